The van der Waals surface area contributed by atoms with Gasteiger partial charge in [-0.25, -0.2) is 5.43 Å². The van der Waals surface area contributed by atoms with Gasteiger partial charge in [0.25, 0.3) is 5.91 Å². The maximum Gasteiger partial charge on any atom is 0.416 e. The van der Waals surface area contributed by atoms with E-state index < -0.39 is 24.3 Å². The third-order valence-corrected chi connectivity index (χ3v) is 3.65. The molecule has 26 heavy (non-hydrogen) atoms. The van der Waals surface area contributed by atoms with Gasteiger partial charge in [-0.1, -0.05) is 23.8 Å². The molecule has 7 heteroatoms. The van der Waals surface area contributed by atoms with Crippen LogP contribution in [0.3, 0.4) is 0 Å². The molecule has 0 aliphatic carbocycles. The van der Waals surface area contributed by atoms with Crippen molar-refractivity contribution in [1.82, 2.24) is 5.43 Å². The van der Waals surface area contributed by atoms with Gasteiger partial charge in [-0.3, -0.25) is 4.79 Å². The van der Waals surface area contributed by atoms with Crippen LogP contribution in [0.1, 0.15) is 27.8 Å². The van der Waals surface area contributed by atoms with E-state index in [1.165, 1.54) is 18.3 Å². The van der Waals surface area contributed by atoms with Gasteiger partial charge in [0.15, 0.2) is 6.61 Å². The Bertz CT molecular complexity index is 807. The lowest BCUT2D eigenvalue weighted by Crippen LogP contribution is -2.24. The molecule has 2 rings (SSSR count). The second-order valence-electron chi connectivity index (χ2n) is 5.92. The van der Waals surface area contributed by atoms with E-state index >= 15 is 0 Å². The number of rotatable bonds is 5. The number of amides is 1. The molecule has 2 aromatic rings. The molecule has 0 spiro atoms. The van der Waals surface area contributed by atoms with Crippen LogP contribution in [0.15, 0.2) is 41.5 Å². The first kappa shape index (κ1) is 19.5. The topological polar surface area (TPSA) is 50.7 Å². The zero-order chi connectivity index (χ0) is 19.3. The Labute approximate surface area is 149 Å². The average Bonchev–Trinajstić information content (AvgIpc) is 2.55. The number of hydrazone groups is 1. The van der Waals surface area contributed by atoms with Crippen molar-refractivity contribution in [3.63, 3.8) is 0 Å². The van der Waals surface area contributed by atoms with Gasteiger partial charge in [-0.15, -0.1) is 0 Å². The summed E-state index contributed by atoms with van der Waals surface area (Å²) in [6.07, 6.45) is -2.93. The number of carbonyl (C=O) groups is 1. The van der Waals surface area contributed by atoms with E-state index in [0.29, 0.717) is 0 Å². The molecule has 0 saturated carbocycles. The van der Waals surface area contributed by atoms with Crippen molar-refractivity contribution in [2.24, 2.45) is 5.10 Å². The molecule has 1 amide bonds. The molecule has 1 N–H and O–H groups in total. The maximum absolute atomic E-state index is 12.6. The lowest BCUT2D eigenvalue weighted by Gasteiger charge is -2.09. The molecule has 0 aliphatic rings. The van der Waals surface area contributed by atoms with E-state index in [9.17, 15) is 18.0 Å². The van der Waals surface area contributed by atoms with Crippen LogP contribution in [-0.2, 0) is 11.0 Å². The van der Waals surface area contributed by atoms with Gasteiger partial charge < -0.3 is 4.74 Å². The minimum Gasteiger partial charge on any atom is -0.484 e. The molecule has 138 valence electrons. The SMILES string of the molecule is Cc1cc(C)c(/C=N/NC(=O)COc2cccc(C(F)(F)F)c2)c(C)c1. The predicted octanol–water partition coefficient (Wildman–Crippen LogP) is 4.16. The summed E-state index contributed by atoms with van der Waals surface area (Å²) in [6, 6.07) is 8.36. The fourth-order valence-corrected chi connectivity index (χ4v) is 2.51. The summed E-state index contributed by atoms with van der Waals surface area (Å²) in [6.45, 7) is 5.44. The van der Waals surface area contributed by atoms with E-state index in [2.05, 4.69) is 10.5 Å². The van der Waals surface area contributed by atoms with E-state index in [1.54, 1.807) is 0 Å². The highest BCUT2D eigenvalue weighted by atomic mass is 19.4. The van der Waals surface area contributed by atoms with Gasteiger partial charge >= 0.3 is 6.18 Å². The molecule has 0 fully saturated rings. The number of halogens is 3. The highest BCUT2D eigenvalue weighted by Crippen LogP contribution is 2.31. The first-order valence-electron chi connectivity index (χ1n) is 7.86. The third-order valence-electron chi connectivity index (χ3n) is 3.65. The second-order valence-corrected chi connectivity index (χ2v) is 5.92. The summed E-state index contributed by atoms with van der Waals surface area (Å²) in [7, 11) is 0. The van der Waals surface area contributed by atoms with Crippen molar-refractivity contribution in [3.05, 3.63) is 64.2 Å². The van der Waals surface area contributed by atoms with Crippen molar-refractivity contribution in [2.75, 3.05) is 6.61 Å². The molecule has 0 heterocycles. The molecule has 4 nitrogen and oxygen atoms in total. The summed E-state index contributed by atoms with van der Waals surface area (Å²) in [5, 5.41) is 3.88. The number of alkyl halides is 3. The quantitative estimate of drug-likeness (QED) is 0.640. The van der Waals surface area contributed by atoms with Gasteiger partial charge in [-0.05, 0) is 50.1 Å². The molecular formula is C19H19F3N2O2. The van der Waals surface area contributed by atoms with Crippen molar-refractivity contribution in [1.29, 1.82) is 0 Å². The smallest absolute Gasteiger partial charge is 0.416 e. The Kier molecular flexibility index (Phi) is 6.02. The number of aryl methyl sites for hydroxylation is 3. The Morgan fingerprint density at radius 2 is 1.81 bits per heavy atom. The molecule has 0 bridgehead atoms. The summed E-state index contributed by atoms with van der Waals surface area (Å²) >= 11 is 0. The van der Waals surface area contributed by atoms with Crippen LogP contribution in [0.25, 0.3) is 0 Å². The molecule has 0 aliphatic heterocycles. The third kappa shape index (κ3) is 5.34. The van der Waals surface area contributed by atoms with Gasteiger partial charge in [0.1, 0.15) is 5.75 Å². The van der Waals surface area contributed by atoms with Gasteiger partial charge in [0.05, 0.1) is 11.8 Å². The largest absolute Gasteiger partial charge is 0.484 e. The van der Waals surface area contributed by atoms with Crippen LogP contribution in [0, 0.1) is 20.8 Å². The minimum atomic E-state index is -4.46. The van der Waals surface area contributed by atoms with Gasteiger partial charge in [0, 0.05) is 5.56 Å². The average molecular weight is 364 g/mol. The fourth-order valence-electron chi connectivity index (χ4n) is 2.51. The molecule has 0 saturated heterocycles. The number of hydrogen-bond donors (Lipinski definition) is 1. The van der Waals surface area contributed by atoms with Crippen molar-refractivity contribution >= 4 is 12.1 Å². The summed E-state index contributed by atoms with van der Waals surface area (Å²) < 4.78 is 43.0. The fraction of sp³-hybridized carbons (Fsp3) is 0.263. The normalized spacial score (nSPS) is 11.6. The Morgan fingerprint density at radius 1 is 1.15 bits per heavy atom. The van der Waals surface area contributed by atoms with Crippen molar-refractivity contribution in [3.8, 4) is 5.75 Å². The lowest BCUT2D eigenvalue weighted by molar-refractivity contribution is -0.137. The van der Waals surface area contributed by atoms with Crippen LogP contribution < -0.4 is 10.2 Å². The molecule has 0 radical (unpaired) electrons. The number of ether oxygens (including phenoxy) is 1. The molecular weight excluding hydrogens is 345 g/mol. The number of hydrogen-bond acceptors (Lipinski definition) is 3. The van der Waals surface area contributed by atoms with E-state index in [4.69, 9.17) is 4.74 Å². The van der Waals surface area contributed by atoms with Crippen LogP contribution in [0.2, 0.25) is 0 Å². The predicted molar refractivity (Wildman–Crippen MR) is 93.3 cm³/mol. The van der Waals surface area contributed by atoms with Gasteiger partial charge in [0.2, 0.25) is 0 Å². The van der Waals surface area contributed by atoms with E-state index in [1.807, 2.05) is 32.9 Å². The number of benzene rings is 2. The molecule has 2 aromatic carbocycles. The summed E-state index contributed by atoms with van der Waals surface area (Å²) in [5.41, 5.74) is 5.55. The monoisotopic (exact) mass is 364 g/mol. The first-order chi connectivity index (χ1) is 12.2. The van der Waals surface area contributed by atoms with Gasteiger partial charge in [-0.2, -0.15) is 18.3 Å². The van der Waals surface area contributed by atoms with Crippen molar-refractivity contribution in [2.45, 2.75) is 26.9 Å². The van der Waals surface area contributed by atoms with Crippen molar-refractivity contribution < 1.29 is 22.7 Å². The zero-order valence-electron chi connectivity index (χ0n) is 14.6. The molecule has 0 unspecified atom stereocenters. The van der Waals surface area contributed by atoms with Crippen LogP contribution in [-0.4, -0.2) is 18.7 Å². The van der Waals surface area contributed by atoms with Crippen LogP contribution >= 0.6 is 0 Å². The zero-order valence-corrected chi connectivity index (χ0v) is 14.6. The Morgan fingerprint density at radius 3 is 2.42 bits per heavy atom. The molecule has 0 atom stereocenters. The number of nitrogens with one attached hydrogen (secondary N) is 1. The summed E-state index contributed by atoms with van der Waals surface area (Å²) in [4.78, 5) is 11.7. The maximum atomic E-state index is 12.6. The Hall–Kier alpha value is -2.83. The lowest BCUT2D eigenvalue weighted by atomic mass is 10.0. The standard InChI is InChI=1S/C19H19F3N2O2/c1-12-7-13(2)17(14(3)8-12)10-23-24-18(25)11-26-16-6-4-5-15(9-16)19(20,21)22/h4-10H,11H2,1-3H3,(H,24,25)/b23-10+. The highest BCUT2D eigenvalue weighted by molar-refractivity contribution is 5.85. The minimum absolute atomic E-state index is 0.0378. The highest BCUT2D eigenvalue weighted by Gasteiger charge is 2.30. The second kappa shape index (κ2) is 8.03. The summed E-state index contributed by atoms with van der Waals surface area (Å²) in [5.74, 6) is -0.606. The molecule has 0 aromatic heterocycles. The first-order valence-corrected chi connectivity index (χ1v) is 7.86. The van der Waals surface area contributed by atoms with Crippen LogP contribution in [0.4, 0.5) is 13.2 Å². The van der Waals surface area contributed by atoms with E-state index in [-0.39, 0.29) is 5.75 Å². The number of carbonyl (C=O) groups excluding carboxylic acids is 1. The van der Waals surface area contributed by atoms with Crippen LogP contribution in [0.5, 0.6) is 5.75 Å². The Balaban J connectivity index is 1.92. The van der Waals surface area contributed by atoms with E-state index in [0.717, 1.165) is 34.4 Å². The number of nitrogens with zero attached hydrogens (tertiary/aromatic N) is 1.